The van der Waals surface area contributed by atoms with Crippen LogP contribution in [0, 0.1) is 24.1 Å². The van der Waals surface area contributed by atoms with Gasteiger partial charge in [-0.05, 0) is 55.8 Å². The Kier molecular flexibility index (Phi) is 6.11. The van der Waals surface area contributed by atoms with Crippen molar-refractivity contribution in [1.29, 1.82) is 5.26 Å². The zero-order valence-corrected chi connectivity index (χ0v) is 18.8. The third kappa shape index (κ3) is 4.17. The summed E-state index contributed by atoms with van der Waals surface area (Å²) in [7, 11) is 0. The Morgan fingerprint density at radius 2 is 2.09 bits per heavy atom. The summed E-state index contributed by atoms with van der Waals surface area (Å²) < 4.78 is 15.4. The van der Waals surface area contributed by atoms with Crippen LogP contribution < -0.4 is 5.56 Å². The molecule has 1 atom stereocenters. The van der Waals surface area contributed by atoms with E-state index in [1.807, 2.05) is 4.90 Å². The van der Waals surface area contributed by atoms with Crippen LogP contribution in [0.3, 0.4) is 0 Å². The van der Waals surface area contributed by atoms with Crippen LogP contribution in [-0.2, 0) is 0 Å². The average molecular weight is 449 g/mol. The molecular weight excluding hydrogens is 423 g/mol. The molecule has 0 unspecified atom stereocenters. The monoisotopic (exact) mass is 448 g/mol. The minimum atomic E-state index is -0.680. The van der Waals surface area contributed by atoms with Gasteiger partial charge in [-0.15, -0.1) is 0 Å². The van der Waals surface area contributed by atoms with Crippen LogP contribution in [0.5, 0.6) is 0 Å². The maximum absolute atomic E-state index is 14.1. The number of hydrogen-bond donors (Lipinski definition) is 1. The molecule has 170 valence electrons. The number of amides is 1. The lowest BCUT2D eigenvalue weighted by molar-refractivity contribution is 0.0528. The van der Waals surface area contributed by atoms with E-state index in [-0.39, 0.29) is 17.0 Å². The summed E-state index contributed by atoms with van der Waals surface area (Å²) in [5.74, 6) is -0.445. The van der Waals surface area contributed by atoms with Crippen molar-refractivity contribution in [3.05, 3.63) is 69.5 Å². The molecule has 0 aliphatic carbocycles. The number of carbonyl (C=O) groups is 1. The number of hydrogen-bond acceptors (Lipinski definition) is 5. The molecule has 4 rings (SSSR count). The zero-order chi connectivity index (χ0) is 23.7. The van der Waals surface area contributed by atoms with E-state index in [2.05, 4.69) is 28.8 Å². The van der Waals surface area contributed by atoms with Gasteiger partial charge in [0.1, 0.15) is 11.9 Å². The van der Waals surface area contributed by atoms with Crippen molar-refractivity contribution in [2.45, 2.75) is 26.8 Å². The minimum absolute atomic E-state index is 0.0699. The van der Waals surface area contributed by atoms with Crippen molar-refractivity contribution in [3.63, 3.8) is 0 Å². The smallest absolute Gasteiger partial charge is 0.280 e. The van der Waals surface area contributed by atoms with E-state index < -0.39 is 11.4 Å². The molecule has 3 aromatic rings. The van der Waals surface area contributed by atoms with Crippen molar-refractivity contribution < 1.29 is 9.18 Å². The molecule has 2 aromatic heterocycles. The van der Waals surface area contributed by atoms with Crippen LogP contribution in [-0.4, -0.2) is 62.7 Å². The minimum Gasteiger partial charge on any atom is -0.336 e. The number of aromatic nitrogens is 3. The Labute approximate surface area is 190 Å². The Morgan fingerprint density at radius 1 is 1.30 bits per heavy atom. The van der Waals surface area contributed by atoms with Crippen LogP contribution >= 0.6 is 0 Å². The number of nitrogens with one attached hydrogen (secondary N) is 1. The number of aromatic amines is 1. The Bertz CT molecular complexity index is 1290. The number of carbonyl (C=O) groups excluding carboxylic acids is 1. The molecule has 9 heteroatoms. The SMILES string of the molecule is CCN1CCN(C(=O)c2ccc(-n3[nH]cc(-c4cc(F)c(C#N)cc4C)c3=O)nc2)C[C@@H]1C. The largest absolute Gasteiger partial charge is 0.336 e. The summed E-state index contributed by atoms with van der Waals surface area (Å²) in [5, 5.41) is 11.8. The van der Waals surface area contributed by atoms with E-state index in [9.17, 15) is 14.0 Å². The fourth-order valence-corrected chi connectivity index (χ4v) is 4.27. The van der Waals surface area contributed by atoms with Gasteiger partial charge in [0.25, 0.3) is 11.5 Å². The van der Waals surface area contributed by atoms with Gasteiger partial charge in [-0.3, -0.25) is 19.6 Å². The van der Waals surface area contributed by atoms with E-state index in [1.54, 1.807) is 25.1 Å². The summed E-state index contributed by atoms with van der Waals surface area (Å²) in [4.78, 5) is 34.3. The highest BCUT2D eigenvalue weighted by Gasteiger charge is 2.26. The highest BCUT2D eigenvalue weighted by molar-refractivity contribution is 5.94. The van der Waals surface area contributed by atoms with Gasteiger partial charge in [-0.2, -0.15) is 5.26 Å². The van der Waals surface area contributed by atoms with E-state index in [0.717, 1.165) is 13.1 Å². The number of pyridine rings is 1. The molecule has 33 heavy (non-hydrogen) atoms. The lowest BCUT2D eigenvalue weighted by atomic mass is 10.0. The number of benzene rings is 1. The fourth-order valence-electron chi connectivity index (χ4n) is 4.27. The van der Waals surface area contributed by atoms with Crippen molar-refractivity contribution in [3.8, 4) is 23.0 Å². The van der Waals surface area contributed by atoms with Gasteiger partial charge in [-0.1, -0.05) is 6.92 Å². The van der Waals surface area contributed by atoms with Gasteiger partial charge in [0, 0.05) is 38.1 Å². The molecule has 3 heterocycles. The van der Waals surface area contributed by atoms with Gasteiger partial charge in [0.15, 0.2) is 5.82 Å². The maximum Gasteiger partial charge on any atom is 0.280 e. The molecule has 1 amide bonds. The molecule has 1 aliphatic heterocycles. The standard InChI is InChI=1S/C24H25FN6O2/c1-4-29-7-8-30(14-16(29)3)23(32)17-5-6-22(27-12-17)31-24(33)20(13-28-31)19-10-21(25)18(11-26)9-15(19)2/h5-6,9-10,12-13,16,28H,4,7-8,14H2,1-3H3/t16-/m0/s1. The number of nitrogens with zero attached hydrogens (tertiary/aromatic N) is 5. The predicted molar refractivity (Wildman–Crippen MR) is 122 cm³/mol. The number of rotatable bonds is 4. The zero-order valence-electron chi connectivity index (χ0n) is 18.8. The van der Waals surface area contributed by atoms with Crippen LogP contribution in [0.2, 0.25) is 0 Å². The third-order valence-electron chi connectivity index (χ3n) is 6.18. The fraction of sp³-hybridized carbons (Fsp3) is 0.333. The van der Waals surface area contributed by atoms with Crippen LogP contribution in [0.15, 0.2) is 41.5 Å². The van der Waals surface area contributed by atoms with Crippen molar-refractivity contribution in [2.75, 3.05) is 26.2 Å². The van der Waals surface area contributed by atoms with Gasteiger partial charge in [0.2, 0.25) is 0 Å². The number of piperazine rings is 1. The van der Waals surface area contributed by atoms with Crippen molar-refractivity contribution in [2.24, 2.45) is 0 Å². The molecule has 0 spiro atoms. The Morgan fingerprint density at radius 3 is 2.73 bits per heavy atom. The average Bonchev–Trinajstić information content (AvgIpc) is 3.20. The summed E-state index contributed by atoms with van der Waals surface area (Å²) in [5.41, 5.74) is 1.26. The number of aryl methyl sites for hydroxylation is 1. The summed E-state index contributed by atoms with van der Waals surface area (Å²) in [6.07, 6.45) is 2.94. The molecule has 0 bridgehead atoms. The van der Waals surface area contributed by atoms with E-state index in [0.29, 0.717) is 41.6 Å². The summed E-state index contributed by atoms with van der Waals surface area (Å²) in [6, 6.07) is 7.96. The second-order valence-corrected chi connectivity index (χ2v) is 8.22. The predicted octanol–water partition coefficient (Wildman–Crippen LogP) is 2.71. The second kappa shape index (κ2) is 9.00. The molecule has 1 aromatic carbocycles. The third-order valence-corrected chi connectivity index (χ3v) is 6.18. The first-order valence-electron chi connectivity index (χ1n) is 10.8. The molecule has 0 radical (unpaired) electrons. The molecule has 8 nitrogen and oxygen atoms in total. The number of likely N-dealkylation sites (N-methyl/N-ethyl adjacent to an activating group) is 1. The highest BCUT2D eigenvalue weighted by Crippen LogP contribution is 2.24. The number of H-pyrrole nitrogens is 1. The first-order chi connectivity index (χ1) is 15.8. The Hall–Kier alpha value is -3.77. The summed E-state index contributed by atoms with van der Waals surface area (Å²) in [6.45, 7) is 9.07. The topological polar surface area (TPSA) is 98.0 Å². The van der Waals surface area contributed by atoms with Gasteiger partial charge in [0.05, 0.1) is 16.7 Å². The maximum atomic E-state index is 14.1. The lowest BCUT2D eigenvalue weighted by Crippen LogP contribution is -2.53. The second-order valence-electron chi connectivity index (χ2n) is 8.22. The first kappa shape index (κ1) is 22.4. The van der Waals surface area contributed by atoms with Crippen molar-refractivity contribution in [1.82, 2.24) is 24.6 Å². The van der Waals surface area contributed by atoms with E-state index in [4.69, 9.17) is 5.26 Å². The van der Waals surface area contributed by atoms with Crippen LogP contribution in [0.1, 0.15) is 35.3 Å². The molecular formula is C24H25FN6O2. The quantitative estimate of drug-likeness (QED) is 0.662. The lowest BCUT2D eigenvalue weighted by Gasteiger charge is -2.39. The van der Waals surface area contributed by atoms with Gasteiger partial charge >= 0.3 is 0 Å². The molecule has 1 aliphatic rings. The summed E-state index contributed by atoms with van der Waals surface area (Å²) >= 11 is 0. The number of nitriles is 1. The molecule has 1 saturated heterocycles. The highest BCUT2D eigenvalue weighted by atomic mass is 19.1. The van der Waals surface area contributed by atoms with Crippen LogP contribution in [0.4, 0.5) is 4.39 Å². The van der Waals surface area contributed by atoms with E-state index >= 15 is 0 Å². The van der Waals surface area contributed by atoms with Gasteiger partial charge < -0.3 is 4.90 Å². The normalized spacial score (nSPS) is 16.6. The first-order valence-corrected chi connectivity index (χ1v) is 10.8. The van der Waals surface area contributed by atoms with E-state index in [1.165, 1.54) is 29.2 Å². The molecule has 1 N–H and O–H groups in total. The van der Waals surface area contributed by atoms with Gasteiger partial charge in [-0.25, -0.2) is 14.1 Å². The molecule has 0 saturated carbocycles. The number of halogens is 1. The molecule has 1 fully saturated rings. The van der Waals surface area contributed by atoms with Crippen LogP contribution in [0.25, 0.3) is 16.9 Å². The Balaban J connectivity index is 1.57. The van der Waals surface area contributed by atoms with Crippen molar-refractivity contribution >= 4 is 5.91 Å².